The Morgan fingerprint density at radius 2 is 1.96 bits per heavy atom. The second-order valence-corrected chi connectivity index (χ2v) is 7.40. The molecule has 1 saturated heterocycles. The fourth-order valence-corrected chi connectivity index (χ4v) is 4.23. The maximum atomic E-state index is 13.7. The number of carboxylic acids is 1. The van der Waals surface area contributed by atoms with E-state index in [-0.39, 0.29) is 25.7 Å². The molecule has 0 aromatic heterocycles. The minimum Gasteiger partial charge on any atom is -0.480 e. The molecule has 23 heavy (non-hydrogen) atoms. The highest BCUT2D eigenvalue weighted by molar-refractivity contribution is 7.89. The van der Waals surface area contributed by atoms with Gasteiger partial charge in [0.2, 0.25) is 10.0 Å². The van der Waals surface area contributed by atoms with Crippen molar-refractivity contribution < 1.29 is 27.1 Å². The molecule has 0 amide bonds. The largest absolute Gasteiger partial charge is 0.480 e. The fourth-order valence-electron chi connectivity index (χ4n) is 2.69. The lowest BCUT2D eigenvalue weighted by Gasteiger charge is -2.35. The summed E-state index contributed by atoms with van der Waals surface area (Å²) in [6.45, 7) is 0.135. The average Bonchev–Trinajstić information content (AvgIpc) is 2.49. The zero-order valence-electron chi connectivity index (χ0n) is 12.6. The number of carbonyl (C=O) groups is 1. The van der Waals surface area contributed by atoms with Gasteiger partial charge in [-0.3, -0.25) is 9.69 Å². The van der Waals surface area contributed by atoms with Crippen LogP contribution in [0.25, 0.3) is 0 Å². The van der Waals surface area contributed by atoms with Crippen molar-refractivity contribution in [3.05, 3.63) is 29.8 Å². The third-order valence-electron chi connectivity index (χ3n) is 3.97. The monoisotopic (exact) mass is 348 g/mol. The Bertz CT molecular complexity index is 688. The predicted molar refractivity (Wildman–Crippen MR) is 78.4 cm³/mol. The van der Waals surface area contributed by atoms with E-state index in [0.717, 1.165) is 22.5 Å². The highest BCUT2D eigenvalue weighted by Crippen LogP contribution is 2.25. The quantitative estimate of drug-likeness (QED) is 0.863. The summed E-state index contributed by atoms with van der Waals surface area (Å²) in [5.74, 6) is -3.54. The van der Waals surface area contributed by atoms with Crippen LogP contribution in [0.2, 0.25) is 0 Å². The molecular formula is C14H18F2N2O4S. The normalized spacial score (nSPS) is 17.6. The van der Waals surface area contributed by atoms with Gasteiger partial charge in [-0.25, -0.2) is 17.2 Å². The smallest absolute Gasteiger partial charge is 0.317 e. The van der Waals surface area contributed by atoms with E-state index < -0.39 is 32.5 Å². The van der Waals surface area contributed by atoms with Crippen molar-refractivity contribution in [2.75, 3.05) is 26.7 Å². The number of hydrogen-bond acceptors (Lipinski definition) is 4. The SMILES string of the molecule is CN(CC(=O)O)C1CCN(S(=O)(=O)c2cccc(F)c2F)CC1. The predicted octanol–water partition coefficient (Wildman–Crippen LogP) is 1.13. The van der Waals surface area contributed by atoms with E-state index in [4.69, 9.17) is 5.11 Å². The van der Waals surface area contributed by atoms with Crippen LogP contribution in [0.3, 0.4) is 0 Å². The Balaban J connectivity index is 2.10. The Hall–Kier alpha value is -1.58. The van der Waals surface area contributed by atoms with Gasteiger partial charge in [-0.2, -0.15) is 4.31 Å². The van der Waals surface area contributed by atoms with Crippen LogP contribution in [-0.2, 0) is 14.8 Å². The van der Waals surface area contributed by atoms with Gasteiger partial charge in [0, 0.05) is 19.1 Å². The van der Waals surface area contributed by atoms with Crippen molar-refractivity contribution in [3.63, 3.8) is 0 Å². The van der Waals surface area contributed by atoms with Gasteiger partial charge in [0.1, 0.15) is 4.90 Å². The number of piperidine rings is 1. The Kier molecular flexibility index (Phi) is 5.33. The number of halogens is 2. The van der Waals surface area contributed by atoms with Crippen LogP contribution in [0.4, 0.5) is 8.78 Å². The van der Waals surface area contributed by atoms with Gasteiger partial charge in [-0.15, -0.1) is 0 Å². The van der Waals surface area contributed by atoms with Gasteiger partial charge < -0.3 is 5.11 Å². The molecule has 9 heteroatoms. The first kappa shape index (κ1) is 17.8. The zero-order chi connectivity index (χ0) is 17.2. The minimum absolute atomic E-state index is 0.0603. The summed E-state index contributed by atoms with van der Waals surface area (Å²) in [5.41, 5.74) is 0. The summed E-state index contributed by atoms with van der Waals surface area (Å²) >= 11 is 0. The second-order valence-electron chi connectivity index (χ2n) is 5.50. The summed E-state index contributed by atoms with van der Waals surface area (Å²) in [7, 11) is -2.44. The lowest BCUT2D eigenvalue weighted by molar-refractivity contribution is -0.138. The number of rotatable bonds is 5. The molecular weight excluding hydrogens is 330 g/mol. The Labute approximate surface area is 133 Å². The minimum atomic E-state index is -4.10. The van der Waals surface area contributed by atoms with Gasteiger partial charge in [0.25, 0.3) is 0 Å². The maximum Gasteiger partial charge on any atom is 0.317 e. The van der Waals surface area contributed by atoms with E-state index in [1.807, 2.05) is 0 Å². The first-order chi connectivity index (χ1) is 10.7. The van der Waals surface area contributed by atoms with Crippen LogP contribution >= 0.6 is 0 Å². The van der Waals surface area contributed by atoms with Crippen molar-refractivity contribution in [1.82, 2.24) is 9.21 Å². The number of aliphatic carboxylic acids is 1. The van der Waals surface area contributed by atoms with Gasteiger partial charge >= 0.3 is 5.97 Å². The summed E-state index contributed by atoms with van der Waals surface area (Å²) in [5, 5.41) is 8.78. The van der Waals surface area contributed by atoms with Crippen molar-refractivity contribution in [3.8, 4) is 0 Å². The van der Waals surface area contributed by atoms with E-state index in [0.29, 0.717) is 12.8 Å². The molecule has 1 aliphatic heterocycles. The molecule has 0 aliphatic carbocycles. The maximum absolute atomic E-state index is 13.7. The molecule has 0 saturated carbocycles. The van der Waals surface area contributed by atoms with Crippen molar-refractivity contribution in [2.45, 2.75) is 23.8 Å². The van der Waals surface area contributed by atoms with E-state index in [2.05, 4.69) is 0 Å². The number of hydrogen-bond donors (Lipinski definition) is 1. The lowest BCUT2D eigenvalue weighted by Crippen LogP contribution is -2.46. The molecule has 6 nitrogen and oxygen atoms in total. The summed E-state index contributed by atoms with van der Waals surface area (Å²) in [6, 6.07) is 2.99. The molecule has 0 bridgehead atoms. The van der Waals surface area contributed by atoms with Crippen molar-refractivity contribution in [1.29, 1.82) is 0 Å². The van der Waals surface area contributed by atoms with Crippen LogP contribution in [-0.4, -0.2) is 61.4 Å². The Morgan fingerprint density at radius 1 is 1.35 bits per heavy atom. The molecule has 1 fully saturated rings. The van der Waals surface area contributed by atoms with E-state index >= 15 is 0 Å². The van der Waals surface area contributed by atoms with Gasteiger partial charge in [-0.05, 0) is 32.0 Å². The van der Waals surface area contributed by atoms with E-state index in [1.54, 1.807) is 11.9 Å². The average molecular weight is 348 g/mol. The number of nitrogens with zero attached hydrogens (tertiary/aromatic N) is 2. The van der Waals surface area contributed by atoms with E-state index in [9.17, 15) is 22.0 Å². The number of benzene rings is 1. The van der Waals surface area contributed by atoms with Gasteiger partial charge in [0.05, 0.1) is 6.54 Å². The van der Waals surface area contributed by atoms with Crippen LogP contribution in [0.5, 0.6) is 0 Å². The molecule has 1 aromatic rings. The highest BCUT2D eigenvalue weighted by atomic mass is 32.2. The first-order valence-corrected chi connectivity index (χ1v) is 8.53. The first-order valence-electron chi connectivity index (χ1n) is 7.09. The number of carboxylic acid groups (broad SMARTS) is 1. The molecule has 0 unspecified atom stereocenters. The van der Waals surface area contributed by atoms with E-state index in [1.165, 1.54) is 0 Å². The third kappa shape index (κ3) is 3.85. The molecule has 1 N–H and O–H groups in total. The lowest BCUT2D eigenvalue weighted by atomic mass is 10.1. The van der Waals surface area contributed by atoms with Crippen LogP contribution < -0.4 is 0 Å². The Morgan fingerprint density at radius 3 is 2.52 bits per heavy atom. The highest BCUT2D eigenvalue weighted by Gasteiger charge is 2.33. The topological polar surface area (TPSA) is 77.9 Å². The van der Waals surface area contributed by atoms with Gasteiger partial charge in [0.15, 0.2) is 11.6 Å². The molecule has 0 radical (unpaired) electrons. The molecule has 128 valence electrons. The second kappa shape index (κ2) is 6.90. The zero-order valence-corrected chi connectivity index (χ0v) is 13.4. The van der Waals surface area contributed by atoms with Crippen LogP contribution in [0, 0.1) is 11.6 Å². The molecule has 1 aromatic carbocycles. The molecule has 2 rings (SSSR count). The molecule has 1 aliphatic rings. The summed E-state index contributed by atoms with van der Waals surface area (Å²) in [4.78, 5) is 11.7. The third-order valence-corrected chi connectivity index (χ3v) is 5.88. The summed E-state index contributed by atoms with van der Waals surface area (Å²) in [6.07, 6.45) is 0.861. The van der Waals surface area contributed by atoms with Crippen LogP contribution in [0.15, 0.2) is 23.1 Å². The molecule has 1 heterocycles. The fraction of sp³-hybridized carbons (Fsp3) is 0.500. The van der Waals surface area contributed by atoms with Gasteiger partial charge in [-0.1, -0.05) is 6.07 Å². The standard InChI is InChI=1S/C14H18F2N2O4S/c1-17(9-13(19)20)10-5-7-18(8-6-10)23(21,22)12-4-2-3-11(15)14(12)16/h2-4,10H,5-9H2,1H3,(H,19,20). The number of likely N-dealkylation sites (N-methyl/N-ethyl adjacent to an activating group) is 1. The van der Waals surface area contributed by atoms with Crippen LogP contribution in [0.1, 0.15) is 12.8 Å². The molecule has 0 atom stereocenters. The summed E-state index contributed by atoms with van der Waals surface area (Å²) < 4.78 is 53.0. The van der Waals surface area contributed by atoms with Crippen molar-refractivity contribution in [2.24, 2.45) is 0 Å². The molecule has 0 spiro atoms. The van der Waals surface area contributed by atoms with Crippen molar-refractivity contribution >= 4 is 16.0 Å². The number of sulfonamides is 1.